The van der Waals surface area contributed by atoms with E-state index in [1.807, 2.05) is 6.92 Å². The number of halogens is 1. The maximum absolute atomic E-state index is 13.2. The van der Waals surface area contributed by atoms with E-state index in [0.29, 0.717) is 27.7 Å². The standard InChI is InChI=1S/C24H21ClN2O4/c1-12-8-14-10-17(12)21-20(14)23(29)27(24(21)30)16-5-3-4-13(9-16)22(28)26-18-11-15(25)6-7-19(18)31-2/h3-9,11,14,17,20-21H,10H2,1-2H3,(H,26,28)/t14-,17+,20-,21-/m0/s1. The van der Waals surface area contributed by atoms with Gasteiger partial charge >= 0.3 is 0 Å². The average Bonchev–Trinajstić information content (AvgIpc) is 3.38. The van der Waals surface area contributed by atoms with Crippen LogP contribution in [0.15, 0.2) is 54.1 Å². The van der Waals surface area contributed by atoms with Crippen LogP contribution in [0.1, 0.15) is 23.7 Å². The molecular formula is C24H21ClN2O4. The Morgan fingerprint density at radius 1 is 1.13 bits per heavy atom. The number of rotatable bonds is 4. The number of allylic oxidation sites excluding steroid dienone is 2. The third-order valence-electron chi connectivity index (χ3n) is 6.66. The van der Waals surface area contributed by atoms with E-state index in [9.17, 15) is 14.4 Å². The van der Waals surface area contributed by atoms with Crippen LogP contribution in [0.5, 0.6) is 5.75 Å². The van der Waals surface area contributed by atoms with E-state index in [4.69, 9.17) is 16.3 Å². The molecule has 3 amide bonds. The number of nitrogens with zero attached hydrogens (tertiary/aromatic N) is 1. The molecule has 31 heavy (non-hydrogen) atoms. The second-order valence-electron chi connectivity index (χ2n) is 8.33. The van der Waals surface area contributed by atoms with Crippen molar-refractivity contribution in [1.29, 1.82) is 0 Å². The van der Waals surface area contributed by atoms with Crippen LogP contribution in [-0.4, -0.2) is 24.8 Å². The van der Waals surface area contributed by atoms with E-state index in [1.165, 1.54) is 17.6 Å². The van der Waals surface area contributed by atoms with Gasteiger partial charge in [0.15, 0.2) is 0 Å². The molecule has 0 unspecified atom stereocenters. The second kappa shape index (κ2) is 7.24. The number of benzene rings is 2. The van der Waals surface area contributed by atoms with E-state index in [-0.39, 0.29) is 41.4 Å². The van der Waals surface area contributed by atoms with Crippen LogP contribution in [0.4, 0.5) is 11.4 Å². The summed E-state index contributed by atoms with van der Waals surface area (Å²) in [5.41, 5.74) is 2.39. The molecule has 3 aliphatic rings. The minimum absolute atomic E-state index is 0.137. The zero-order valence-electron chi connectivity index (χ0n) is 17.1. The molecule has 0 aromatic heterocycles. The minimum atomic E-state index is -0.390. The quantitative estimate of drug-likeness (QED) is 0.572. The van der Waals surface area contributed by atoms with Gasteiger partial charge in [0.05, 0.1) is 30.3 Å². The van der Waals surface area contributed by atoms with Gasteiger partial charge in [-0.1, -0.05) is 29.3 Å². The number of carbonyl (C=O) groups is 3. The van der Waals surface area contributed by atoms with Crippen LogP contribution < -0.4 is 15.0 Å². The third-order valence-corrected chi connectivity index (χ3v) is 6.89. The fraction of sp³-hybridized carbons (Fsp3) is 0.292. The summed E-state index contributed by atoms with van der Waals surface area (Å²) in [6.07, 6.45) is 3.03. The smallest absolute Gasteiger partial charge is 0.255 e. The molecule has 0 spiro atoms. The van der Waals surface area contributed by atoms with Gasteiger partial charge in [0.1, 0.15) is 5.75 Å². The molecule has 7 heteroatoms. The Hall–Kier alpha value is -3.12. The topological polar surface area (TPSA) is 75.7 Å². The Balaban J connectivity index is 1.41. The highest BCUT2D eigenvalue weighted by molar-refractivity contribution is 6.31. The van der Waals surface area contributed by atoms with E-state index >= 15 is 0 Å². The maximum atomic E-state index is 13.2. The van der Waals surface area contributed by atoms with Gasteiger partial charge in [0, 0.05) is 10.6 Å². The Morgan fingerprint density at radius 3 is 2.68 bits per heavy atom. The third kappa shape index (κ3) is 3.05. The maximum Gasteiger partial charge on any atom is 0.255 e. The molecule has 2 aliphatic carbocycles. The number of hydrogen-bond acceptors (Lipinski definition) is 4. The predicted octanol–water partition coefficient (Wildman–Crippen LogP) is 4.30. The number of carbonyl (C=O) groups excluding carboxylic acids is 3. The van der Waals surface area contributed by atoms with Gasteiger partial charge in [-0.15, -0.1) is 0 Å². The van der Waals surface area contributed by atoms with Crippen molar-refractivity contribution in [3.63, 3.8) is 0 Å². The van der Waals surface area contributed by atoms with Crippen LogP contribution in [0.2, 0.25) is 5.02 Å². The molecule has 4 atom stereocenters. The van der Waals surface area contributed by atoms with Crippen LogP contribution in [0.25, 0.3) is 0 Å². The molecular weight excluding hydrogens is 416 g/mol. The highest BCUT2D eigenvalue weighted by Crippen LogP contribution is 2.55. The first-order valence-electron chi connectivity index (χ1n) is 10.2. The van der Waals surface area contributed by atoms with Crippen molar-refractivity contribution in [2.75, 3.05) is 17.3 Å². The molecule has 1 N–H and O–H groups in total. The molecule has 2 bridgehead atoms. The summed E-state index contributed by atoms with van der Waals surface area (Å²) in [6.45, 7) is 2.04. The summed E-state index contributed by atoms with van der Waals surface area (Å²) < 4.78 is 5.27. The van der Waals surface area contributed by atoms with Crippen molar-refractivity contribution in [3.05, 3.63) is 64.7 Å². The van der Waals surface area contributed by atoms with Crippen molar-refractivity contribution in [2.45, 2.75) is 13.3 Å². The van der Waals surface area contributed by atoms with Crippen LogP contribution in [-0.2, 0) is 9.59 Å². The van der Waals surface area contributed by atoms with Gasteiger partial charge in [-0.05, 0) is 61.6 Å². The second-order valence-corrected chi connectivity index (χ2v) is 8.77. The Kier molecular flexibility index (Phi) is 4.63. The summed E-state index contributed by atoms with van der Waals surface area (Å²) in [6, 6.07) is 11.5. The first-order chi connectivity index (χ1) is 14.9. The number of fused-ring (bicyclic) bond motifs is 5. The normalized spacial score (nSPS) is 26.2. The SMILES string of the molecule is COc1ccc(Cl)cc1NC(=O)c1cccc(N2C(=O)[C@@H]3[C@@H](C2=O)[C@H]2C=C(C)[C@H]3C2)c1. The van der Waals surface area contributed by atoms with Gasteiger partial charge in [-0.3, -0.25) is 14.4 Å². The summed E-state index contributed by atoms with van der Waals surface area (Å²) in [7, 11) is 1.50. The highest BCUT2D eigenvalue weighted by Gasteiger charge is 2.60. The Morgan fingerprint density at radius 2 is 1.90 bits per heavy atom. The molecule has 1 saturated heterocycles. The van der Waals surface area contributed by atoms with Crippen molar-refractivity contribution in [2.24, 2.45) is 23.7 Å². The molecule has 2 aromatic carbocycles. The number of nitrogens with one attached hydrogen (secondary N) is 1. The largest absolute Gasteiger partial charge is 0.495 e. The van der Waals surface area contributed by atoms with Gasteiger partial charge in [0.25, 0.3) is 5.91 Å². The van der Waals surface area contributed by atoms with E-state index < -0.39 is 0 Å². The molecule has 6 nitrogen and oxygen atoms in total. The molecule has 2 aromatic rings. The highest BCUT2D eigenvalue weighted by atomic mass is 35.5. The van der Waals surface area contributed by atoms with Crippen molar-refractivity contribution in [1.82, 2.24) is 0 Å². The molecule has 1 aliphatic heterocycles. The molecule has 158 valence electrons. The van der Waals surface area contributed by atoms with Crippen molar-refractivity contribution in [3.8, 4) is 5.75 Å². The zero-order chi connectivity index (χ0) is 21.9. The van der Waals surface area contributed by atoms with E-state index in [0.717, 1.165) is 6.42 Å². The monoisotopic (exact) mass is 436 g/mol. The van der Waals surface area contributed by atoms with E-state index in [1.54, 1.807) is 42.5 Å². The molecule has 0 radical (unpaired) electrons. The lowest BCUT2D eigenvalue weighted by Gasteiger charge is -2.19. The van der Waals surface area contributed by atoms with Crippen LogP contribution in [0, 0.1) is 23.7 Å². The number of anilines is 2. The first kappa shape index (κ1) is 19.8. The number of amides is 3. The molecule has 2 fully saturated rings. The number of hydrogen-bond donors (Lipinski definition) is 1. The van der Waals surface area contributed by atoms with E-state index in [2.05, 4.69) is 11.4 Å². The van der Waals surface area contributed by atoms with Gasteiger partial charge < -0.3 is 10.1 Å². The summed E-state index contributed by atoms with van der Waals surface area (Å²) in [4.78, 5) is 40.4. The minimum Gasteiger partial charge on any atom is -0.495 e. The predicted molar refractivity (Wildman–Crippen MR) is 117 cm³/mol. The zero-order valence-corrected chi connectivity index (χ0v) is 17.8. The molecule has 1 saturated carbocycles. The Labute approximate surface area is 184 Å². The van der Waals surface area contributed by atoms with Crippen LogP contribution in [0.3, 0.4) is 0 Å². The first-order valence-corrected chi connectivity index (χ1v) is 10.6. The number of methoxy groups -OCH3 is 1. The molecule has 1 heterocycles. The van der Waals surface area contributed by atoms with Crippen LogP contribution >= 0.6 is 11.6 Å². The fourth-order valence-electron chi connectivity index (χ4n) is 5.29. The fourth-order valence-corrected chi connectivity index (χ4v) is 5.46. The Bertz CT molecular complexity index is 1160. The number of ether oxygens (including phenoxy) is 1. The van der Waals surface area contributed by atoms with Gasteiger partial charge in [-0.25, -0.2) is 4.90 Å². The van der Waals surface area contributed by atoms with Crippen molar-refractivity contribution >= 4 is 40.7 Å². The molecule has 5 rings (SSSR count). The summed E-state index contributed by atoms with van der Waals surface area (Å²) in [5, 5.41) is 3.24. The van der Waals surface area contributed by atoms with Gasteiger partial charge in [0.2, 0.25) is 11.8 Å². The summed E-state index contributed by atoms with van der Waals surface area (Å²) in [5.74, 6) is -0.518. The number of imide groups is 1. The summed E-state index contributed by atoms with van der Waals surface area (Å²) >= 11 is 6.04. The lowest BCUT2D eigenvalue weighted by Crippen LogP contribution is -2.33. The van der Waals surface area contributed by atoms with Crippen molar-refractivity contribution < 1.29 is 19.1 Å². The van der Waals surface area contributed by atoms with Gasteiger partial charge in [-0.2, -0.15) is 0 Å². The lowest BCUT2D eigenvalue weighted by atomic mass is 9.82. The average molecular weight is 437 g/mol. The lowest BCUT2D eigenvalue weighted by molar-refractivity contribution is -0.123.